The molecule has 0 aliphatic carbocycles. The van der Waals surface area contributed by atoms with Crippen LogP contribution in [0.2, 0.25) is 0 Å². The second-order valence-corrected chi connectivity index (χ2v) is 4.97. The first kappa shape index (κ1) is 17.2. The van der Waals surface area contributed by atoms with Crippen LogP contribution in [0.4, 0.5) is 19.0 Å². The molecule has 3 rings (SSSR count). The lowest BCUT2D eigenvalue weighted by Crippen LogP contribution is -2.23. The lowest BCUT2D eigenvalue weighted by molar-refractivity contribution is -0.274. The van der Waals surface area contributed by atoms with E-state index in [0.29, 0.717) is 5.56 Å². The smallest absolute Gasteiger partial charge is 0.406 e. The van der Waals surface area contributed by atoms with Crippen LogP contribution in [0.15, 0.2) is 36.7 Å². The molecule has 26 heavy (non-hydrogen) atoms. The molecule has 0 radical (unpaired) electrons. The van der Waals surface area contributed by atoms with Crippen LogP contribution in [0.25, 0.3) is 0 Å². The largest absolute Gasteiger partial charge is 0.573 e. The van der Waals surface area contributed by atoms with Gasteiger partial charge in [-0.15, -0.1) is 33.0 Å². The Morgan fingerprint density at radius 1 is 1.19 bits per heavy atom. The van der Waals surface area contributed by atoms with Crippen LogP contribution in [0.3, 0.4) is 0 Å². The first-order chi connectivity index (χ1) is 12.3. The minimum atomic E-state index is -4.79. The number of aromatic nitrogens is 6. The Labute approximate surface area is 143 Å². The lowest BCUT2D eigenvalue weighted by atomic mass is 10.2. The van der Waals surface area contributed by atoms with Gasteiger partial charge in [0.05, 0.1) is 12.4 Å². The summed E-state index contributed by atoms with van der Waals surface area (Å²) in [5, 5.41) is 17.1. The summed E-state index contributed by atoms with van der Waals surface area (Å²) in [6.45, 7) is -0.0307. The van der Waals surface area contributed by atoms with Gasteiger partial charge in [0.15, 0.2) is 11.5 Å². The molecule has 1 aromatic carbocycles. The molecular formula is C13H11F3N8O2. The van der Waals surface area contributed by atoms with Crippen LogP contribution in [0.1, 0.15) is 16.1 Å². The van der Waals surface area contributed by atoms with Crippen molar-refractivity contribution in [3.05, 3.63) is 47.9 Å². The minimum Gasteiger partial charge on any atom is -0.406 e. The van der Waals surface area contributed by atoms with Gasteiger partial charge in [0.25, 0.3) is 5.91 Å². The maximum absolute atomic E-state index is 12.2. The van der Waals surface area contributed by atoms with Gasteiger partial charge in [-0.05, 0) is 28.1 Å². The van der Waals surface area contributed by atoms with E-state index in [1.54, 1.807) is 6.07 Å². The Morgan fingerprint density at radius 2 is 1.92 bits per heavy atom. The van der Waals surface area contributed by atoms with Crippen LogP contribution in [-0.4, -0.2) is 42.5 Å². The molecule has 0 atom stereocenters. The molecule has 3 N–H and O–H groups in total. The fourth-order valence-electron chi connectivity index (χ4n) is 1.95. The minimum absolute atomic E-state index is 0.0261. The highest BCUT2D eigenvalue weighted by atomic mass is 19.4. The number of hydrogen-bond donors (Lipinski definition) is 2. The third-order valence-corrected chi connectivity index (χ3v) is 3.01. The van der Waals surface area contributed by atoms with Crippen molar-refractivity contribution in [3.63, 3.8) is 0 Å². The molecule has 2 aromatic heterocycles. The number of nitrogens with one attached hydrogen (secondary N) is 1. The molecule has 3 aromatic rings. The number of ether oxygens (including phenoxy) is 1. The van der Waals surface area contributed by atoms with Crippen molar-refractivity contribution < 1.29 is 22.7 Å². The molecule has 0 aliphatic heterocycles. The maximum Gasteiger partial charge on any atom is 0.573 e. The Hall–Kier alpha value is -3.64. The molecule has 136 valence electrons. The van der Waals surface area contributed by atoms with Gasteiger partial charge in [-0.3, -0.25) is 4.79 Å². The summed E-state index contributed by atoms with van der Waals surface area (Å²) in [5.41, 5.74) is 5.82. The molecule has 0 aliphatic rings. The number of rotatable bonds is 5. The fourth-order valence-corrected chi connectivity index (χ4v) is 1.95. The SMILES string of the molecule is Nc1cn(-n2cc(C(=O)NCc3cccc(OC(F)(F)F)c3)nn2)nn1. The second-order valence-electron chi connectivity index (χ2n) is 4.97. The van der Waals surface area contributed by atoms with Gasteiger partial charge >= 0.3 is 6.36 Å². The standard InChI is InChI=1S/C13H11F3N8O2/c14-13(15,16)26-9-3-1-2-8(4-9)5-18-12(25)10-6-23(21-19-10)24-7-11(17)20-22-24/h1-4,6-7H,5,17H2,(H,18,25). The number of nitrogen functional groups attached to an aromatic ring is 1. The molecular weight excluding hydrogens is 357 g/mol. The van der Waals surface area contributed by atoms with Gasteiger partial charge < -0.3 is 15.8 Å². The molecule has 1 amide bonds. The fraction of sp³-hybridized carbons (Fsp3) is 0.154. The van der Waals surface area contributed by atoms with E-state index in [2.05, 4.69) is 30.7 Å². The van der Waals surface area contributed by atoms with Crippen molar-refractivity contribution in [1.29, 1.82) is 0 Å². The Kier molecular flexibility index (Phi) is 4.43. The number of hydrogen-bond acceptors (Lipinski definition) is 7. The van der Waals surface area contributed by atoms with Gasteiger partial charge in [0, 0.05) is 6.54 Å². The summed E-state index contributed by atoms with van der Waals surface area (Å²) in [6, 6.07) is 5.25. The summed E-state index contributed by atoms with van der Waals surface area (Å²) in [7, 11) is 0. The monoisotopic (exact) mass is 368 g/mol. The van der Waals surface area contributed by atoms with Crippen molar-refractivity contribution in [2.75, 3.05) is 5.73 Å². The highest BCUT2D eigenvalue weighted by Gasteiger charge is 2.31. The molecule has 0 unspecified atom stereocenters. The summed E-state index contributed by atoms with van der Waals surface area (Å²) >= 11 is 0. The summed E-state index contributed by atoms with van der Waals surface area (Å²) < 4.78 is 40.5. The molecule has 13 heteroatoms. The molecule has 0 saturated heterocycles. The van der Waals surface area contributed by atoms with Crippen molar-refractivity contribution in [2.24, 2.45) is 0 Å². The lowest BCUT2D eigenvalue weighted by Gasteiger charge is -2.10. The van der Waals surface area contributed by atoms with E-state index >= 15 is 0 Å². The average molecular weight is 368 g/mol. The highest BCUT2D eigenvalue weighted by molar-refractivity contribution is 5.91. The number of carbonyl (C=O) groups is 1. The third-order valence-electron chi connectivity index (χ3n) is 3.01. The van der Waals surface area contributed by atoms with Crippen molar-refractivity contribution in [1.82, 2.24) is 35.5 Å². The number of benzene rings is 1. The summed E-state index contributed by atoms with van der Waals surface area (Å²) in [5.74, 6) is -0.794. The van der Waals surface area contributed by atoms with Crippen molar-refractivity contribution >= 4 is 11.7 Å². The Balaban J connectivity index is 1.62. The van der Waals surface area contributed by atoms with Crippen molar-refractivity contribution in [3.8, 4) is 5.75 Å². The van der Waals surface area contributed by atoms with E-state index in [9.17, 15) is 18.0 Å². The second kappa shape index (κ2) is 6.70. The van der Waals surface area contributed by atoms with E-state index in [4.69, 9.17) is 5.73 Å². The third kappa shape index (κ3) is 4.25. The van der Waals surface area contributed by atoms with Gasteiger partial charge in [0.1, 0.15) is 5.75 Å². The molecule has 0 saturated carbocycles. The maximum atomic E-state index is 12.2. The first-order valence-electron chi connectivity index (χ1n) is 7.04. The Morgan fingerprint density at radius 3 is 2.62 bits per heavy atom. The van der Waals surface area contributed by atoms with E-state index in [1.165, 1.54) is 24.5 Å². The van der Waals surface area contributed by atoms with E-state index in [0.717, 1.165) is 15.6 Å². The predicted molar refractivity (Wildman–Crippen MR) is 79.5 cm³/mol. The highest BCUT2D eigenvalue weighted by Crippen LogP contribution is 2.23. The Bertz CT molecular complexity index is 920. The average Bonchev–Trinajstić information content (AvgIpc) is 3.20. The number of nitrogens with two attached hydrogens (primary N) is 1. The number of anilines is 1. The van der Waals surface area contributed by atoms with E-state index in [1.807, 2.05) is 0 Å². The van der Waals surface area contributed by atoms with Gasteiger partial charge in [-0.2, -0.15) is 0 Å². The van der Waals surface area contributed by atoms with Gasteiger partial charge in [0.2, 0.25) is 0 Å². The molecule has 0 fully saturated rings. The number of alkyl halides is 3. The molecule has 0 spiro atoms. The first-order valence-corrected chi connectivity index (χ1v) is 7.04. The molecule has 0 bridgehead atoms. The zero-order valence-electron chi connectivity index (χ0n) is 12.9. The van der Waals surface area contributed by atoms with E-state index < -0.39 is 12.3 Å². The number of carbonyl (C=O) groups excluding carboxylic acids is 1. The van der Waals surface area contributed by atoms with Crippen molar-refractivity contribution in [2.45, 2.75) is 12.9 Å². The number of amides is 1. The van der Waals surface area contributed by atoms with Crippen LogP contribution in [-0.2, 0) is 6.54 Å². The quantitative estimate of drug-likeness (QED) is 0.675. The van der Waals surface area contributed by atoms with Crippen LogP contribution >= 0.6 is 0 Å². The molecule has 2 heterocycles. The number of halogens is 3. The zero-order chi connectivity index (χ0) is 18.7. The van der Waals surface area contributed by atoms with Gasteiger partial charge in [-0.1, -0.05) is 12.1 Å². The van der Waals surface area contributed by atoms with Gasteiger partial charge in [-0.25, -0.2) is 0 Å². The topological polar surface area (TPSA) is 126 Å². The van der Waals surface area contributed by atoms with Crippen LogP contribution in [0.5, 0.6) is 5.75 Å². The molecule has 10 nitrogen and oxygen atoms in total. The normalized spacial score (nSPS) is 11.3. The number of nitrogens with zero attached hydrogens (tertiary/aromatic N) is 6. The zero-order valence-corrected chi connectivity index (χ0v) is 12.9. The predicted octanol–water partition coefficient (Wildman–Crippen LogP) is 0.592. The summed E-state index contributed by atoms with van der Waals surface area (Å²) in [4.78, 5) is 14.4. The van der Waals surface area contributed by atoms with Crippen LogP contribution in [0, 0.1) is 0 Å². The van der Waals surface area contributed by atoms with Crippen LogP contribution < -0.4 is 15.8 Å². The van der Waals surface area contributed by atoms with E-state index in [-0.39, 0.29) is 23.8 Å². The summed E-state index contributed by atoms with van der Waals surface area (Å²) in [6.07, 6.45) is -2.14.